The number of hydrogen-bond donors (Lipinski definition) is 1. The third-order valence-corrected chi connectivity index (χ3v) is 1.72. The fourth-order valence-electron chi connectivity index (χ4n) is 1.02. The lowest BCUT2D eigenvalue weighted by Crippen LogP contribution is -2.01. The van der Waals surface area contributed by atoms with E-state index < -0.39 is 0 Å². The van der Waals surface area contributed by atoms with Crippen LogP contribution in [-0.2, 0) is 4.79 Å². The quantitative estimate of drug-likeness (QED) is 0.584. The van der Waals surface area contributed by atoms with Crippen molar-refractivity contribution >= 4 is 11.5 Å². The van der Waals surface area contributed by atoms with Gasteiger partial charge >= 0.3 is 5.97 Å². The van der Waals surface area contributed by atoms with Gasteiger partial charge in [-0.1, -0.05) is 18.7 Å². The van der Waals surface area contributed by atoms with Crippen molar-refractivity contribution < 1.29 is 14.6 Å². The first-order chi connectivity index (χ1) is 6.63. The summed E-state index contributed by atoms with van der Waals surface area (Å²) in [5.74, 6) is 0.144. The van der Waals surface area contributed by atoms with Crippen LogP contribution in [0.15, 0.2) is 30.8 Å². The van der Waals surface area contributed by atoms with Crippen LogP contribution in [0.1, 0.15) is 12.5 Å². The predicted molar refractivity (Wildman–Crippen MR) is 53.9 cm³/mol. The molecule has 0 atom stereocenters. The molecule has 0 fully saturated rings. The monoisotopic (exact) mass is 192 g/mol. The van der Waals surface area contributed by atoms with Crippen LogP contribution in [0.4, 0.5) is 0 Å². The van der Waals surface area contributed by atoms with Gasteiger partial charge in [0.1, 0.15) is 5.75 Å². The van der Waals surface area contributed by atoms with Crippen LogP contribution in [-0.4, -0.2) is 17.7 Å². The Bertz CT molecular complexity index is 338. The number of hydrogen-bond acceptors (Lipinski definition) is 3. The summed E-state index contributed by atoms with van der Waals surface area (Å²) in [6, 6.07) is 6.82. The molecular formula is C11H12O3. The molecule has 0 saturated heterocycles. The highest BCUT2D eigenvalue weighted by atomic mass is 16.5. The summed E-state index contributed by atoms with van der Waals surface area (Å²) in [4.78, 5) is 10.6. The van der Waals surface area contributed by atoms with E-state index in [1.54, 1.807) is 24.3 Å². The maximum atomic E-state index is 10.6. The van der Waals surface area contributed by atoms with Crippen molar-refractivity contribution in [1.82, 2.24) is 0 Å². The first-order valence-corrected chi connectivity index (χ1v) is 4.21. The van der Waals surface area contributed by atoms with Crippen molar-refractivity contribution in [2.75, 3.05) is 6.61 Å². The smallest absolute Gasteiger partial charge is 0.308 e. The number of rotatable bonds is 3. The average Bonchev–Trinajstić information content (AvgIpc) is 2.17. The highest BCUT2D eigenvalue weighted by Gasteiger charge is 2.00. The van der Waals surface area contributed by atoms with Gasteiger partial charge in [-0.3, -0.25) is 4.79 Å². The van der Waals surface area contributed by atoms with E-state index in [1.807, 2.05) is 0 Å². The molecule has 1 aromatic rings. The van der Waals surface area contributed by atoms with Crippen molar-refractivity contribution in [2.45, 2.75) is 6.92 Å². The third-order valence-electron chi connectivity index (χ3n) is 1.72. The number of carbonyl (C=O) groups excluding carboxylic acids is 1. The molecule has 14 heavy (non-hydrogen) atoms. The van der Waals surface area contributed by atoms with Gasteiger partial charge in [-0.15, -0.1) is 0 Å². The van der Waals surface area contributed by atoms with E-state index in [4.69, 9.17) is 9.84 Å². The minimum absolute atomic E-state index is 0.0765. The normalized spacial score (nSPS) is 9.57. The van der Waals surface area contributed by atoms with Gasteiger partial charge in [-0.2, -0.15) is 0 Å². The molecule has 0 unspecified atom stereocenters. The second kappa shape index (κ2) is 4.58. The molecule has 0 aliphatic rings. The van der Waals surface area contributed by atoms with Crippen molar-refractivity contribution in [3.05, 3.63) is 36.4 Å². The van der Waals surface area contributed by atoms with Crippen LogP contribution in [0.5, 0.6) is 5.75 Å². The molecule has 74 valence electrons. The molecule has 1 aromatic carbocycles. The first-order valence-electron chi connectivity index (χ1n) is 4.21. The van der Waals surface area contributed by atoms with Gasteiger partial charge in [0.2, 0.25) is 0 Å². The molecule has 0 spiro atoms. The van der Waals surface area contributed by atoms with Gasteiger partial charge in [-0.25, -0.2) is 0 Å². The van der Waals surface area contributed by atoms with Crippen LogP contribution < -0.4 is 4.74 Å². The molecule has 3 heteroatoms. The Morgan fingerprint density at radius 2 is 2.00 bits per heavy atom. The lowest BCUT2D eigenvalue weighted by molar-refractivity contribution is -0.131. The summed E-state index contributed by atoms with van der Waals surface area (Å²) >= 11 is 0. The van der Waals surface area contributed by atoms with E-state index in [1.165, 1.54) is 6.92 Å². The minimum Gasteiger partial charge on any atom is -0.427 e. The number of aliphatic hydroxyl groups is 1. The lowest BCUT2D eigenvalue weighted by Gasteiger charge is -2.04. The molecule has 0 aliphatic carbocycles. The molecule has 1 N–H and O–H groups in total. The van der Waals surface area contributed by atoms with Crippen molar-refractivity contribution in [3.8, 4) is 5.75 Å². The Kier molecular flexibility index (Phi) is 3.42. The highest BCUT2D eigenvalue weighted by Crippen LogP contribution is 2.17. The summed E-state index contributed by atoms with van der Waals surface area (Å²) in [7, 11) is 0. The highest BCUT2D eigenvalue weighted by molar-refractivity contribution is 5.70. The summed E-state index contributed by atoms with van der Waals surface area (Å²) in [5, 5.41) is 8.82. The van der Waals surface area contributed by atoms with Gasteiger partial charge < -0.3 is 9.84 Å². The molecular weight excluding hydrogens is 180 g/mol. The molecule has 0 amide bonds. The van der Waals surface area contributed by atoms with Crippen LogP contribution in [0, 0.1) is 0 Å². The van der Waals surface area contributed by atoms with Crippen LogP contribution in [0.3, 0.4) is 0 Å². The maximum Gasteiger partial charge on any atom is 0.308 e. The summed E-state index contributed by atoms with van der Waals surface area (Å²) in [5.41, 5.74) is 1.47. The Hall–Kier alpha value is -1.61. The minimum atomic E-state index is -0.348. The van der Waals surface area contributed by atoms with Gasteiger partial charge in [0.25, 0.3) is 0 Å². The summed E-state index contributed by atoms with van der Waals surface area (Å²) in [6.45, 7) is 4.95. The molecule has 0 aromatic heterocycles. The summed E-state index contributed by atoms with van der Waals surface area (Å²) in [6.07, 6.45) is 0. The van der Waals surface area contributed by atoms with Gasteiger partial charge in [0, 0.05) is 6.92 Å². The number of benzene rings is 1. The predicted octanol–water partition coefficient (Wildman–Crippen LogP) is 1.62. The second-order valence-electron chi connectivity index (χ2n) is 2.88. The van der Waals surface area contributed by atoms with Crippen molar-refractivity contribution in [1.29, 1.82) is 0 Å². The number of ether oxygens (including phenoxy) is 1. The molecule has 3 nitrogen and oxygen atoms in total. The largest absolute Gasteiger partial charge is 0.427 e. The molecule has 0 heterocycles. The Balaban J connectivity index is 2.78. The molecule has 0 bridgehead atoms. The number of carbonyl (C=O) groups is 1. The lowest BCUT2D eigenvalue weighted by atomic mass is 10.1. The fraction of sp³-hybridized carbons (Fsp3) is 0.182. The van der Waals surface area contributed by atoms with Crippen LogP contribution >= 0.6 is 0 Å². The zero-order chi connectivity index (χ0) is 10.6. The van der Waals surface area contributed by atoms with E-state index in [9.17, 15) is 4.79 Å². The molecule has 0 aliphatic heterocycles. The Morgan fingerprint density at radius 3 is 2.43 bits per heavy atom. The third kappa shape index (κ3) is 2.71. The fourth-order valence-corrected chi connectivity index (χ4v) is 1.02. The van der Waals surface area contributed by atoms with E-state index in [2.05, 4.69) is 6.58 Å². The van der Waals surface area contributed by atoms with Crippen LogP contribution in [0.2, 0.25) is 0 Å². The number of aliphatic hydroxyl groups excluding tert-OH is 1. The van der Waals surface area contributed by atoms with Crippen molar-refractivity contribution in [3.63, 3.8) is 0 Å². The van der Waals surface area contributed by atoms with E-state index in [0.717, 1.165) is 5.56 Å². The maximum absolute atomic E-state index is 10.6. The zero-order valence-electron chi connectivity index (χ0n) is 7.99. The average molecular weight is 192 g/mol. The Labute approximate surface area is 82.6 Å². The SMILES string of the molecule is C=C(CO)c1ccc(OC(C)=O)cc1. The molecule has 0 radical (unpaired) electrons. The topological polar surface area (TPSA) is 46.5 Å². The van der Waals surface area contributed by atoms with Crippen molar-refractivity contribution in [2.24, 2.45) is 0 Å². The van der Waals surface area contributed by atoms with Gasteiger partial charge in [0.05, 0.1) is 6.61 Å². The second-order valence-corrected chi connectivity index (χ2v) is 2.88. The molecule has 0 saturated carbocycles. The molecule has 1 rings (SSSR count). The standard InChI is InChI=1S/C11H12O3/c1-8(7-12)10-3-5-11(6-4-10)14-9(2)13/h3-6,12H,1,7H2,2H3. The van der Waals surface area contributed by atoms with E-state index in [-0.39, 0.29) is 12.6 Å². The van der Waals surface area contributed by atoms with Crippen LogP contribution in [0.25, 0.3) is 5.57 Å². The van der Waals surface area contributed by atoms with Gasteiger partial charge in [0.15, 0.2) is 0 Å². The van der Waals surface area contributed by atoms with E-state index >= 15 is 0 Å². The van der Waals surface area contributed by atoms with E-state index in [0.29, 0.717) is 11.3 Å². The first kappa shape index (κ1) is 10.5. The summed E-state index contributed by atoms with van der Waals surface area (Å²) < 4.78 is 4.85. The van der Waals surface area contributed by atoms with Gasteiger partial charge in [-0.05, 0) is 23.3 Å². The Morgan fingerprint density at radius 1 is 1.43 bits per heavy atom. The number of esters is 1. The zero-order valence-corrected chi connectivity index (χ0v) is 7.99.